The summed E-state index contributed by atoms with van der Waals surface area (Å²) in [4.78, 5) is 4.76. The highest BCUT2D eigenvalue weighted by Crippen LogP contribution is 2.18. The van der Waals surface area contributed by atoms with E-state index < -0.39 is 0 Å². The molecule has 1 aromatic carbocycles. The number of rotatable bonds is 8. The average Bonchev–Trinajstić information content (AvgIpc) is 2.87. The molecule has 0 aliphatic heterocycles. The lowest BCUT2D eigenvalue weighted by Crippen LogP contribution is -2.46. The van der Waals surface area contributed by atoms with E-state index in [0.29, 0.717) is 6.61 Å². The van der Waals surface area contributed by atoms with Crippen molar-refractivity contribution in [1.82, 2.24) is 15.0 Å². The highest BCUT2D eigenvalue weighted by Gasteiger charge is 2.22. The highest BCUT2D eigenvalue weighted by atomic mass is 16.5. The van der Waals surface area contributed by atoms with Crippen LogP contribution in [0.3, 0.4) is 0 Å². The highest BCUT2D eigenvalue weighted by molar-refractivity contribution is 5.75. The molecule has 2 rings (SSSR count). The van der Waals surface area contributed by atoms with E-state index in [1.165, 1.54) is 5.52 Å². The molecule has 0 aliphatic rings. The molecule has 0 bridgehead atoms. The molecule has 1 heterocycles. The van der Waals surface area contributed by atoms with E-state index in [1.54, 1.807) is 0 Å². The van der Waals surface area contributed by atoms with Crippen LogP contribution in [0.25, 0.3) is 11.0 Å². The first-order chi connectivity index (χ1) is 10.2. The van der Waals surface area contributed by atoms with Crippen molar-refractivity contribution in [2.24, 2.45) is 5.84 Å². The Hall–Kier alpha value is -1.43. The molecule has 2 atom stereocenters. The SMILES string of the molecule is CCOC(CC)C(Cc1nc2ccccc2n1CC)NN. The van der Waals surface area contributed by atoms with Gasteiger partial charge in [-0.25, -0.2) is 4.98 Å². The molecule has 3 N–H and O–H groups in total. The molecular weight excluding hydrogens is 264 g/mol. The van der Waals surface area contributed by atoms with Gasteiger partial charge < -0.3 is 9.30 Å². The maximum atomic E-state index is 5.78. The van der Waals surface area contributed by atoms with Gasteiger partial charge in [-0.2, -0.15) is 0 Å². The van der Waals surface area contributed by atoms with Crippen LogP contribution in [0.15, 0.2) is 24.3 Å². The van der Waals surface area contributed by atoms with Gasteiger partial charge in [0.15, 0.2) is 0 Å². The minimum atomic E-state index is 0.0667. The minimum Gasteiger partial charge on any atom is -0.377 e. The number of imidazole rings is 1. The lowest BCUT2D eigenvalue weighted by Gasteiger charge is -2.25. The van der Waals surface area contributed by atoms with E-state index in [0.717, 1.165) is 30.7 Å². The number of nitrogens with zero attached hydrogens (tertiary/aromatic N) is 2. The number of hydrazine groups is 1. The largest absolute Gasteiger partial charge is 0.377 e. The van der Waals surface area contributed by atoms with Crippen LogP contribution >= 0.6 is 0 Å². The van der Waals surface area contributed by atoms with Gasteiger partial charge in [0.1, 0.15) is 5.82 Å². The third-order valence-corrected chi connectivity index (χ3v) is 3.90. The van der Waals surface area contributed by atoms with Gasteiger partial charge in [-0.05, 0) is 32.4 Å². The Morgan fingerprint density at radius 3 is 2.67 bits per heavy atom. The predicted octanol–water partition coefficient (Wildman–Crippen LogP) is 2.25. The number of nitrogens with two attached hydrogens (primary N) is 1. The standard InChI is InChI=1S/C16H26N4O/c1-4-15(21-6-3)13(19-17)11-16-18-12-9-7-8-10-14(12)20(16)5-2/h7-10,13,15,19H,4-6,11,17H2,1-3H3. The van der Waals surface area contributed by atoms with Crippen molar-refractivity contribution in [1.29, 1.82) is 0 Å². The van der Waals surface area contributed by atoms with Gasteiger partial charge in [0.2, 0.25) is 0 Å². The van der Waals surface area contributed by atoms with Crippen molar-refractivity contribution in [3.63, 3.8) is 0 Å². The number of hydrogen-bond acceptors (Lipinski definition) is 4. The number of nitrogens with one attached hydrogen (secondary N) is 1. The van der Waals surface area contributed by atoms with E-state index in [2.05, 4.69) is 36.0 Å². The summed E-state index contributed by atoms with van der Waals surface area (Å²) in [5.41, 5.74) is 5.12. The fourth-order valence-electron chi connectivity index (χ4n) is 2.86. The van der Waals surface area contributed by atoms with Gasteiger partial charge in [-0.1, -0.05) is 19.1 Å². The van der Waals surface area contributed by atoms with E-state index in [4.69, 9.17) is 15.6 Å². The molecule has 5 nitrogen and oxygen atoms in total. The maximum absolute atomic E-state index is 5.78. The molecule has 0 amide bonds. The molecule has 1 aromatic heterocycles. The van der Waals surface area contributed by atoms with E-state index in [1.807, 2.05) is 19.1 Å². The Balaban J connectivity index is 2.28. The van der Waals surface area contributed by atoms with E-state index in [9.17, 15) is 0 Å². The fraction of sp³-hybridized carbons (Fsp3) is 0.562. The monoisotopic (exact) mass is 290 g/mol. The first-order valence-electron chi connectivity index (χ1n) is 7.76. The van der Waals surface area contributed by atoms with Gasteiger partial charge in [0.05, 0.1) is 23.2 Å². The second-order valence-corrected chi connectivity index (χ2v) is 5.14. The number of fused-ring (bicyclic) bond motifs is 1. The fourth-order valence-corrected chi connectivity index (χ4v) is 2.86. The molecule has 0 saturated heterocycles. The van der Waals surface area contributed by atoms with Crippen molar-refractivity contribution in [3.05, 3.63) is 30.1 Å². The van der Waals surface area contributed by atoms with Gasteiger partial charge in [-0.15, -0.1) is 0 Å². The van der Waals surface area contributed by atoms with Crippen LogP contribution in [0.2, 0.25) is 0 Å². The van der Waals surface area contributed by atoms with Gasteiger partial charge in [0.25, 0.3) is 0 Å². The summed E-state index contributed by atoms with van der Waals surface area (Å²) >= 11 is 0. The Bertz CT molecular complexity index is 566. The van der Waals surface area contributed by atoms with Crippen molar-refractivity contribution in [2.45, 2.75) is 52.3 Å². The number of benzene rings is 1. The number of para-hydroxylation sites is 2. The van der Waals surface area contributed by atoms with Crippen LogP contribution in [0.1, 0.15) is 33.0 Å². The molecule has 0 aliphatic carbocycles. The Morgan fingerprint density at radius 1 is 1.29 bits per heavy atom. The molecule has 0 saturated carbocycles. The van der Waals surface area contributed by atoms with Crippen LogP contribution < -0.4 is 11.3 Å². The molecule has 2 unspecified atom stereocenters. The van der Waals surface area contributed by atoms with Crippen LogP contribution in [0.4, 0.5) is 0 Å². The summed E-state index contributed by atoms with van der Waals surface area (Å²) < 4.78 is 8.03. The van der Waals surface area contributed by atoms with Crippen molar-refractivity contribution < 1.29 is 4.74 Å². The smallest absolute Gasteiger partial charge is 0.111 e. The molecule has 0 spiro atoms. The first kappa shape index (κ1) is 15.9. The second kappa shape index (κ2) is 7.54. The normalized spacial score (nSPS) is 14.5. The molecule has 0 fully saturated rings. The van der Waals surface area contributed by atoms with Gasteiger partial charge in [-0.3, -0.25) is 11.3 Å². The number of hydrogen-bond donors (Lipinski definition) is 2. The molecular formula is C16H26N4O. The molecule has 2 aromatic rings. The summed E-state index contributed by atoms with van der Waals surface area (Å²) in [6, 6.07) is 8.30. The molecule has 116 valence electrons. The molecule has 5 heteroatoms. The van der Waals surface area contributed by atoms with Gasteiger partial charge in [0, 0.05) is 19.6 Å². The second-order valence-electron chi connectivity index (χ2n) is 5.14. The van der Waals surface area contributed by atoms with Crippen molar-refractivity contribution >= 4 is 11.0 Å². The summed E-state index contributed by atoms with van der Waals surface area (Å²) in [7, 11) is 0. The number of aromatic nitrogens is 2. The third kappa shape index (κ3) is 3.43. The van der Waals surface area contributed by atoms with Crippen LogP contribution in [-0.4, -0.2) is 28.3 Å². The first-order valence-corrected chi connectivity index (χ1v) is 7.76. The third-order valence-electron chi connectivity index (χ3n) is 3.90. The lowest BCUT2D eigenvalue weighted by atomic mass is 10.1. The van der Waals surface area contributed by atoms with E-state index in [-0.39, 0.29) is 12.1 Å². The van der Waals surface area contributed by atoms with Crippen molar-refractivity contribution in [3.8, 4) is 0 Å². The molecule has 21 heavy (non-hydrogen) atoms. The Kier molecular flexibility index (Phi) is 5.73. The lowest BCUT2D eigenvalue weighted by molar-refractivity contribution is 0.0313. The Labute approximate surface area is 126 Å². The number of aryl methyl sites for hydroxylation is 1. The zero-order valence-corrected chi connectivity index (χ0v) is 13.2. The predicted molar refractivity (Wildman–Crippen MR) is 85.9 cm³/mol. The summed E-state index contributed by atoms with van der Waals surface area (Å²) in [5.74, 6) is 6.80. The average molecular weight is 290 g/mol. The summed E-state index contributed by atoms with van der Waals surface area (Å²) in [6.45, 7) is 7.87. The Morgan fingerprint density at radius 2 is 2.05 bits per heavy atom. The van der Waals surface area contributed by atoms with Crippen LogP contribution in [0, 0.1) is 0 Å². The minimum absolute atomic E-state index is 0.0667. The quantitative estimate of drug-likeness (QED) is 0.578. The van der Waals surface area contributed by atoms with Gasteiger partial charge >= 0.3 is 0 Å². The number of ether oxygens (including phenoxy) is 1. The zero-order chi connectivity index (χ0) is 15.2. The molecule has 0 radical (unpaired) electrons. The van der Waals surface area contributed by atoms with Crippen molar-refractivity contribution in [2.75, 3.05) is 6.61 Å². The van der Waals surface area contributed by atoms with Crippen LogP contribution in [0.5, 0.6) is 0 Å². The van der Waals surface area contributed by atoms with E-state index >= 15 is 0 Å². The zero-order valence-electron chi connectivity index (χ0n) is 13.2. The maximum Gasteiger partial charge on any atom is 0.111 e. The topological polar surface area (TPSA) is 65.1 Å². The summed E-state index contributed by atoms with van der Waals surface area (Å²) in [6.07, 6.45) is 1.79. The summed E-state index contributed by atoms with van der Waals surface area (Å²) in [5, 5.41) is 0. The van der Waals surface area contributed by atoms with Crippen LogP contribution in [-0.2, 0) is 17.7 Å².